The Bertz CT molecular complexity index is 1250. The van der Waals surface area contributed by atoms with Crippen molar-refractivity contribution in [1.82, 2.24) is 5.32 Å². The third kappa shape index (κ3) is 6.31. The zero-order valence-electron chi connectivity index (χ0n) is 18.4. The molecule has 35 heavy (non-hydrogen) atoms. The maximum Gasteiger partial charge on any atom is 0.333 e. The second-order valence-electron chi connectivity index (χ2n) is 7.06. The highest BCUT2D eigenvalue weighted by atomic mass is 32.2. The number of carbonyl (C=O) groups excluding carboxylic acids is 3. The molecule has 2 rings (SSSR count). The summed E-state index contributed by atoms with van der Waals surface area (Å²) in [5, 5.41) is 1.87. The molecule has 0 saturated carbocycles. The quantitative estimate of drug-likeness (QED) is 0.0980. The van der Waals surface area contributed by atoms with Gasteiger partial charge in [0.2, 0.25) is 0 Å². The van der Waals surface area contributed by atoms with Gasteiger partial charge >= 0.3 is 16.1 Å². The lowest BCUT2D eigenvalue weighted by Gasteiger charge is -2.15. The third-order valence-corrected chi connectivity index (χ3v) is 5.77. The molecule has 188 valence electrons. The first kappa shape index (κ1) is 27.7. The Morgan fingerprint density at radius 1 is 1.00 bits per heavy atom. The number of benzene rings is 2. The van der Waals surface area contributed by atoms with Crippen molar-refractivity contribution in [3.05, 3.63) is 76.9 Å². The molecule has 0 radical (unpaired) electrons. The van der Waals surface area contributed by atoms with Crippen LogP contribution in [-0.2, 0) is 23.8 Å². The molecule has 0 heterocycles. The van der Waals surface area contributed by atoms with Crippen LogP contribution in [0.25, 0.3) is 0 Å². The van der Waals surface area contributed by atoms with Crippen molar-refractivity contribution in [2.45, 2.75) is 24.8 Å². The second-order valence-corrected chi connectivity index (χ2v) is 8.56. The molecule has 0 aromatic heterocycles. The minimum atomic E-state index is -5.55. The van der Waals surface area contributed by atoms with Crippen molar-refractivity contribution in [2.24, 2.45) is 0 Å². The molecule has 0 aliphatic carbocycles. The summed E-state index contributed by atoms with van der Waals surface area (Å²) in [7, 11) is -5.55. The normalized spacial score (nSPS) is 12.1. The van der Waals surface area contributed by atoms with Crippen LogP contribution in [0.4, 0.5) is 17.6 Å². The average Bonchev–Trinajstić information content (AvgIpc) is 2.80. The topological polar surface area (TPSA) is 116 Å². The first-order chi connectivity index (χ1) is 16.3. The molecule has 0 aliphatic heterocycles. The van der Waals surface area contributed by atoms with Gasteiger partial charge in [-0.3, -0.25) is 13.8 Å². The number of Topliss-reactive ketones (excluding diaryl/α,β-unsaturated/α-hetero) is 1. The van der Waals surface area contributed by atoms with Gasteiger partial charge in [0, 0.05) is 11.1 Å². The number of amides is 1. The highest BCUT2D eigenvalue weighted by Crippen LogP contribution is 2.29. The van der Waals surface area contributed by atoms with E-state index in [0.717, 1.165) is 6.92 Å². The number of nitrogens with one attached hydrogen (secondary N) is 1. The van der Waals surface area contributed by atoms with Gasteiger partial charge in [0.25, 0.3) is 5.91 Å². The average molecular weight is 517 g/mol. The van der Waals surface area contributed by atoms with Gasteiger partial charge in [-0.15, -0.1) is 0 Å². The maximum absolute atomic E-state index is 14.5. The van der Waals surface area contributed by atoms with Crippen molar-refractivity contribution in [3.63, 3.8) is 0 Å². The summed E-state index contributed by atoms with van der Waals surface area (Å²) < 4.78 is 91.9. The smallest absolute Gasteiger partial charge is 0.333 e. The zero-order chi connectivity index (χ0) is 26.5. The van der Waals surface area contributed by atoms with Crippen molar-refractivity contribution in [2.75, 3.05) is 13.2 Å². The van der Waals surface area contributed by atoms with Gasteiger partial charge in [-0.05, 0) is 13.8 Å². The van der Waals surface area contributed by atoms with Crippen LogP contribution in [-0.4, -0.2) is 45.3 Å². The SMILES string of the molecule is C=C(C)C(=O)OCCNC(=O)c1c(F)c(F)c(S(=O)(=O)OC(C)C(=O)c2ccccc2)c(F)c1F. The van der Waals surface area contributed by atoms with E-state index in [1.807, 2.05) is 5.32 Å². The Hall–Kier alpha value is -3.58. The number of ketones is 1. The summed E-state index contributed by atoms with van der Waals surface area (Å²) in [4.78, 5) is 33.4. The maximum atomic E-state index is 14.5. The number of halogens is 4. The first-order valence-electron chi connectivity index (χ1n) is 9.78. The van der Waals surface area contributed by atoms with Crippen LogP contribution in [0.5, 0.6) is 0 Å². The van der Waals surface area contributed by atoms with Gasteiger partial charge in [-0.2, -0.15) is 8.42 Å². The Morgan fingerprint density at radius 3 is 2.06 bits per heavy atom. The van der Waals surface area contributed by atoms with Crippen molar-refractivity contribution < 1.29 is 49.3 Å². The number of hydrogen-bond donors (Lipinski definition) is 1. The van der Waals surface area contributed by atoms with Gasteiger partial charge in [0.15, 0.2) is 33.9 Å². The summed E-state index contributed by atoms with van der Waals surface area (Å²) in [6, 6.07) is 7.14. The summed E-state index contributed by atoms with van der Waals surface area (Å²) in [5.41, 5.74) is -1.70. The van der Waals surface area contributed by atoms with E-state index in [4.69, 9.17) is 0 Å². The molecular weight excluding hydrogens is 498 g/mol. The molecule has 1 atom stereocenters. The Labute approximate surface area is 197 Å². The van der Waals surface area contributed by atoms with E-state index < -0.39 is 80.8 Å². The molecule has 1 N–H and O–H groups in total. The predicted octanol–water partition coefficient (Wildman–Crippen LogP) is 3.07. The monoisotopic (exact) mass is 517 g/mol. The summed E-state index contributed by atoms with van der Waals surface area (Å²) in [6.07, 6.45) is -1.81. The first-order valence-corrected chi connectivity index (χ1v) is 11.2. The molecule has 0 bridgehead atoms. The summed E-state index contributed by atoms with van der Waals surface area (Å²) in [5.74, 6) is -12.8. The number of carbonyl (C=O) groups is 3. The van der Waals surface area contributed by atoms with Gasteiger partial charge in [-0.25, -0.2) is 22.4 Å². The molecule has 1 amide bonds. The largest absolute Gasteiger partial charge is 0.460 e. The van der Waals surface area contributed by atoms with Crippen LogP contribution in [0.2, 0.25) is 0 Å². The van der Waals surface area contributed by atoms with E-state index in [-0.39, 0.29) is 11.1 Å². The molecule has 2 aromatic carbocycles. The van der Waals surface area contributed by atoms with E-state index in [9.17, 15) is 40.4 Å². The minimum Gasteiger partial charge on any atom is -0.460 e. The van der Waals surface area contributed by atoms with Crippen LogP contribution >= 0.6 is 0 Å². The molecule has 2 aromatic rings. The Balaban J connectivity index is 2.28. The van der Waals surface area contributed by atoms with Gasteiger partial charge in [-0.1, -0.05) is 36.9 Å². The zero-order valence-corrected chi connectivity index (χ0v) is 19.2. The van der Waals surface area contributed by atoms with Crippen LogP contribution in [0.1, 0.15) is 34.6 Å². The lowest BCUT2D eigenvalue weighted by Crippen LogP contribution is -2.31. The standard InChI is InChI=1S/C22H19F4NO7S/c1-11(2)22(30)33-10-9-27-21(29)14-15(23)17(25)20(18(26)16(14)24)35(31,32)34-12(3)19(28)13-7-5-4-6-8-13/h4-8,12H,1,9-10H2,2-3H3,(H,27,29). The molecule has 0 saturated heterocycles. The molecule has 1 unspecified atom stereocenters. The summed E-state index contributed by atoms with van der Waals surface area (Å²) in [6.45, 7) is 4.65. The number of esters is 1. The van der Waals surface area contributed by atoms with Crippen LogP contribution in [0.3, 0.4) is 0 Å². The van der Waals surface area contributed by atoms with E-state index in [0.29, 0.717) is 0 Å². The van der Waals surface area contributed by atoms with Gasteiger partial charge in [0.05, 0.1) is 6.54 Å². The van der Waals surface area contributed by atoms with Crippen LogP contribution in [0, 0.1) is 23.3 Å². The van der Waals surface area contributed by atoms with Crippen LogP contribution in [0.15, 0.2) is 47.4 Å². The minimum absolute atomic E-state index is 0.00875. The van der Waals surface area contributed by atoms with Gasteiger partial charge in [0.1, 0.15) is 18.3 Å². The number of rotatable bonds is 10. The lowest BCUT2D eigenvalue weighted by molar-refractivity contribution is -0.138. The highest BCUT2D eigenvalue weighted by Gasteiger charge is 2.37. The number of ether oxygens (including phenoxy) is 1. The fraction of sp³-hybridized carbons (Fsp3) is 0.227. The third-order valence-electron chi connectivity index (χ3n) is 4.37. The van der Waals surface area contributed by atoms with E-state index >= 15 is 0 Å². The summed E-state index contributed by atoms with van der Waals surface area (Å²) >= 11 is 0. The molecular formula is C22H19F4NO7S. The van der Waals surface area contributed by atoms with Crippen molar-refractivity contribution in [3.8, 4) is 0 Å². The predicted molar refractivity (Wildman–Crippen MR) is 113 cm³/mol. The van der Waals surface area contributed by atoms with Gasteiger partial charge < -0.3 is 10.1 Å². The molecule has 0 fully saturated rings. The second kappa shape index (κ2) is 11.2. The number of hydrogen-bond acceptors (Lipinski definition) is 7. The van der Waals surface area contributed by atoms with Crippen molar-refractivity contribution in [1.29, 1.82) is 0 Å². The molecule has 8 nitrogen and oxygen atoms in total. The fourth-order valence-corrected chi connectivity index (χ4v) is 3.85. The molecule has 13 heteroatoms. The highest BCUT2D eigenvalue weighted by molar-refractivity contribution is 7.86. The Morgan fingerprint density at radius 2 is 1.54 bits per heavy atom. The van der Waals surface area contributed by atoms with E-state index in [1.165, 1.54) is 31.2 Å². The van der Waals surface area contributed by atoms with E-state index in [1.54, 1.807) is 6.07 Å². The fourth-order valence-electron chi connectivity index (χ4n) is 2.67. The lowest BCUT2D eigenvalue weighted by atomic mass is 10.1. The molecule has 0 spiro atoms. The van der Waals surface area contributed by atoms with Crippen molar-refractivity contribution >= 4 is 27.8 Å². The van der Waals surface area contributed by atoms with Crippen LogP contribution < -0.4 is 5.32 Å². The Kier molecular flexibility index (Phi) is 8.88. The van der Waals surface area contributed by atoms with E-state index in [2.05, 4.69) is 15.5 Å². The molecule has 0 aliphatic rings.